The predicted octanol–water partition coefficient (Wildman–Crippen LogP) is 0.228. The van der Waals surface area contributed by atoms with Gasteiger partial charge in [-0.25, -0.2) is 10.8 Å². The number of aryl methyl sites for hydroxylation is 1. The molecule has 0 saturated heterocycles. The summed E-state index contributed by atoms with van der Waals surface area (Å²) in [5, 5.41) is 0. The van der Waals surface area contributed by atoms with E-state index in [1.165, 1.54) is 4.57 Å². The van der Waals surface area contributed by atoms with E-state index in [0.717, 1.165) is 5.52 Å². The Morgan fingerprint density at radius 2 is 2.25 bits per heavy atom. The van der Waals surface area contributed by atoms with E-state index in [-0.39, 0.29) is 11.4 Å². The average molecular weight is 220 g/mol. The van der Waals surface area contributed by atoms with Crippen molar-refractivity contribution in [1.29, 1.82) is 0 Å². The van der Waals surface area contributed by atoms with Gasteiger partial charge in [-0.1, -0.05) is 0 Å². The molecule has 1 heterocycles. The van der Waals surface area contributed by atoms with Crippen LogP contribution in [0.15, 0.2) is 23.0 Å². The molecule has 0 aliphatic heterocycles. The highest BCUT2D eigenvalue weighted by atomic mass is 16.5. The first-order valence-corrected chi connectivity index (χ1v) is 4.68. The van der Waals surface area contributed by atoms with Crippen LogP contribution in [-0.4, -0.2) is 16.7 Å². The number of nitrogen functional groups attached to an aromatic ring is 1. The third-order valence-corrected chi connectivity index (χ3v) is 2.42. The maximum absolute atomic E-state index is 11.7. The molecule has 2 rings (SSSR count). The third kappa shape index (κ3) is 1.49. The second-order valence-corrected chi connectivity index (χ2v) is 3.32. The number of anilines is 1. The van der Waals surface area contributed by atoms with Crippen molar-refractivity contribution >= 4 is 16.9 Å². The lowest BCUT2D eigenvalue weighted by Gasteiger charge is -2.08. The lowest BCUT2D eigenvalue weighted by atomic mass is 10.3. The van der Waals surface area contributed by atoms with E-state index in [9.17, 15) is 4.79 Å². The van der Waals surface area contributed by atoms with E-state index in [4.69, 9.17) is 10.6 Å². The summed E-state index contributed by atoms with van der Waals surface area (Å²) in [6, 6.07) is 5.30. The molecular formula is C10H12N4O2. The smallest absolute Gasteiger partial charge is 0.294 e. The Bertz CT molecular complexity index is 591. The van der Waals surface area contributed by atoms with Crippen LogP contribution in [0.3, 0.4) is 0 Å². The molecule has 1 aromatic carbocycles. The minimum atomic E-state index is -0.264. The number of hydrogen-bond acceptors (Lipinski definition) is 5. The maximum Gasteiger partial charge on any atom is 0.294 e. The molecule has 0 bridgehead atoms. The van der Waals surface area contributed by atoms with E-state index in [1.54, 1.807) is 32.4 Å². The summed E-state index contributed by atoms with van der Waals surface area (Å²) < 4.78 is 6.57. The average Bonchev–Trinajstić information content (AvgIpc) is 2.33. The van der Waals surface area contributed by atoms with E-state index in [0.29, 0.717) is 11.3 Å². The summed E-state index contributed by atoms with van der Waals surface area (Å²) in [5.74, 6) is 6.02. The number of nitrogens with one attached hydrogen (secondary N) is 1. The predicted molar refractivity (Wildman–Crippen MR) is 61.3 cm³/mol. The lowest BCUT2D eigenvalue weighted by Crippen LogP contribution is -2.25. The highest BCUT2D eigenvalue weighted by molar-refractivity contribution is 5.77. The molecule has 84 valence electrons. The van der Waals surface area contributed by atoms with Crippen LogP contribution in [0.25, 0.3) is 11.0 Å². The van der Waals surface area contributed by atoms with Gasteiger partial charge in [0.15, 0.2) is 0 Å². The Kier molecular flexibility index (Phi) is 2.49. The Morgan fingerprint density at radius 3 is 2.88 bits per heavy atom. The van der Waals surface area contributed by atoms with Crippen molar-refractivity contribution in [3.05, 3.63) is 28.6 Å². The van der Waals surface area contributed by atoms with Gasteiger partial charge in [0.25, 0.3) is 5.56 Å². The van der Waals surface area contributed by atoms with E-state index >= 15 is 0 Å². The van der Waals surface area contributed by atoms with Crippen molar-refractivity contribution in [1.82, 2.24) is 9.55 Å². The van der Waals surface area contributed by atoms with Crippen LogP contribution in [0.4, 0.5) is 5.82 Å². The Hall–Kier alpha value is -2.08. The summed E-state index contributed by atoms with van der Waals surface area (Å²) in [7, 11) is 3.24. The molecular weight excluding hydrogens is 208 g/mol. The van der Waals surface area contributed by atoms with Crippen LogP contribution in [0.1, 0.15) is 0 Å². The maximum atomic E-state index is 11.7. The first-order chi connectivity index (χ1) is 7.67. The number of hydrogen-bond donors (Lipinski definition) is 2. The summed E-state index contributed by atoms with van der Waals surface area (Å²) in [6.45, 7) is 0. The number of ether oxygens (including phenoxy) is 1. The molecule has 2 aromatic rings. The van der Waals surface area contributed by atoms with Crippen LogP contribution in [0.5, 0.6) is 5.75 Å². The molecule has 0 fully saturated rings. The van der Waals surface area contributed by atoms with Crippen molar-refractivity contribution in [2.24, 2.45) is 12.9 Å². The quantitative estimate of drug-likeness (QED) is 0.559. The molecule has 0 saturated carbocycles. The second-order valence-electron chi connectivity index (χ2n) is 3.32. The molecule has 0 spiro atoms. The molecule has 3 N–H and O–H groups in total. The van der Waals surface area contributed by atoms with Crippen molar-refractivity contribution in [3.63, 3.8) is 0 Å². The van der Waals surface area contributed by atoms with Crippen molar-refractivity contribution in [3.8, 4) is 5.75 Å². The zero-order valence-corrected chi connectivity index (χ0v) is 9.02. The van der Waals surface area contributed by atoms with Gasteiger partial charge in [0.1, 0.15) is 5.75 Å². The van der Waals surface area contributed by atoms with Crippen molar-refractivity contribution in [2.45, 2.75) is 0 Å². The van der Waals surface area contributed by atoms with Crippen molar-refractivity contribution in [2.75, 3.05) is 12.5 Å². The van der Waals surface area contributed by atoms with E-state index < -0.39 is 0 Å². The fraction of sp³-hybridized carbons (Fsp3) is 0.200. The molecule has 16 heavy (non-hydrogen) atoms. The molecule has 1 aromatic heterocycles. The zero-order chi connectivity index (χ0) is 11.7. The van der Waals surface area contributed by atoms with Crippen LogP contribution < -0.4 is 21.6 Å². The first-order valence-electron chi connectivity index (χ1n) is 4.68. The molecule has 0 atom stereocenters. The summed E-state index contributed by atoms with van der Waals surface area (Å²) >= 11 is 0. The minimum Gasteiger partial charge on any atom is -0.497 e. The first kappa shape index (κ1) is 10.4. The van der Waals surface area contributed by atoms with Gasteiger partial charge >= 0.3 is 0 Å². The molecule has 0 aliphatic carbocycles. The summed E-state index contributed by atoms with van der Waals surface area (Å²) in [5.41, 5.74) is 3.39. The van der Waals surface area contributed by atoms with E-state index in [1.807, 2.05) is 0 Å². The highest BCUT2D eigenvalue weighted by Crippen LogP contribution is 2.18. The fourth-order valence-electron chi connectivity index (χ4n) is 1.53. The minimum absolute atomic E-state index is 0.114. The van der Waals surface area contributed by atoms with Gasteiger partial charge < -0.3 is 14.7 Å². The highest BCUT2D eigenvalue weighted by Gasteiger charge is 2.07. The number of methoxy groups -OCH3 is 1. The standard InChI is InChI=1S/C10H12N4O2/c1-14-8-4-3-6(16-2)5-7(8)12-9(13-11)10(14)15/h3-5H,11H2,1-2H3,(H,12,13). The largest absolute Gasteiger partial charge is 0.497 e. The number of hydrazine groups is 1. The van der Waals surface area contributed by atoms with E-state index in [2.05, 4.69) is 10.4 Å². The Morgan fingerprint density at radius 1 is 1.50 bits per heavy atom. The van der Waals surface area contributed by atoms with Gasteiger partial charge in [-0.05, 0) is 12.1 Å². The number of benzene rings is 1. The SMILES string of the molecule is COc1ccc2c(c1)nc(NN)c(=O)n2C. The Labute approximate surface area is 91.6 Å². The summed E-state index contributed by atoms with van der Waals surface area (Å²) in [6.07, 6.45) is 0. The van der Waals surface area contributed by atoms with Gasteiger partial charge in [-0.2, -0.15) is 0 Å². The molecule has 0 unspecified atom stereocenters. The Balaban J connectivity index is 2.82. The molecule has 0 aliphatic rings. The lowest BCUT2D eigenvalue weighted by molar-refractivity contribution is 0.415. The van der Waals surface area contributed by atoms with Crippen LogP contribution >= 0.6 is 0 Å². The van der Waals surface area contributed by atoms with Gasteiger partial charge in [0, 0.05) is 13.1 Å². The number of nitrogens with zero attached hydrogens (tertiary/aromatic N) is 2. The number of nitrogens with two attached hydrogens (primary N) is 1. The van der Waals surface area contributed by atoms with Crippen LogP contribution in [0, 0.1) is 0 Å². The van der Waals surface area contributed by atoms with Crippen LogP contribution in [-0.2, 0) is 7.05 Å². The number of aromatic nitrogens is 2. The van der Waals surface area contributed by atoms with Crippen LogP contribution in [0.2, 0.25) is 0 Å². The topological polar surface area (TPSA) is 82.2 Å². The second kappa shape index (κ2) is 3.82. The van der Waals surface area contributed by atoms with Gasteiger partial charge in [0.2, 0.25) is 5.82 Å². The fourth-order valence-corrected chi connectivity index (χ4v) is 1.53. The third-order valence-electron chi connectivity index (χ3n) is 2.42. The van der Waals surface area contributed by atoms with Gasteiger partial charge in [-0.15, -0.1) is 0 Å². The monoisotopic (exact) mass is 220 g/mol. The molecule has 6 nitrogen and oxygen atoms in total. The van der Waals surface area contributed by atoms with Gasteiger partial charge in [-0.3, -0.25) is 4.79 Å². The summed E-state index contributed by atoms with van der Waals surface area (Å²) in [4.78, 5) is 15.8. The number of fused-ring (bicyclic) bond motifs is 1. The zero-order valence-electron chi connectivity index (χ0n) is 9.02. The normalized spacial score (nSPS) is 10.4. The molecule has 0 radical (unpaired) electrons. The molecule has 6 heteroatoms. The number of rotatable bonds is 2. The van der Waals surface area contributed by atoms with Crippen molar-refractivity contribution < 1.29 is 4.74 Å². The van der Waals surface area contributed by atoms with Gasteiger partial charge in [0.05, 0.1) is 18.1 Å². The molecule has 0 amide bonds.